The van der Waals surface area contributed by atoms with Gasteiger partial charge in [0.2, 0.25) is 0 Å². The van der Waals surface area contributed by atoms with Crippen molar-refractivity contribution in [1.29, 1.82) is 0 Å². The minimum Gasteiger partial charge on any atom is -0.461 e. The molecule has 0 fully saturated rings. The first-order valence-electron chi connectivity index (χ1n) is 13.9. The fourth-order valence-electron chi connectivity index (χ4n) is 3.19. The average molecular weight is 550 g/mol. The Morgan fingerprint density at radius 3 is 1.92 bits per heavy atom. The SMILES string of the molecule is CCC(C)CC(=O)Oc1ccc(C[C@H](N)C(=O)OC[C@H](C)OC(=O)C(C)(C)CC)cc1OC(=O)CC(C)CC. The van der Waals surface area contributed by atoms with Gasteiger partial charge in [0.1, 0.15) is 18.8 Å². The number of esters is 4. The van der Waals surface area contributed by atoms with Gasteiger partial charge in [0, 0.05) is 12.8 Å². The number of carbonyl (C=O) groups is 4. The van der Waals surface area contributed by atoms with Crippen LogP contribution in [0.4, 0.5) is 0 Å². The fourth-order valence-corrected chi connectivity index (χ4v) is 3.19. The van der Waals surface area contributed by atoms with Crippen molar-refractivity contribution in [2.75, 3.05) is 6.61 Å². The van der Waals surface area contributed by atoms with Crippen LogP contribution in [0.2, 0.25) is 0 Å². The van der Waals surface area contributed by atoms with E-state index in [1.165, 1.54) is 6.07 Å². The van der Waals surface area contributed by atoms with E-state index in [0.717, 1.165) is 12.8 Å². The number of ether oxygens (including phenoxy) is 4. The molecule has 9 heteroatoms. The van der Waals surface area contributed by atoms with E-state index in [0.29, 0.717) is 12.0 Å². The zero-order valence-corrected chi connectivity index (χ0v) is 24.8. The second-order valence-corrected chi connectivity index (χ2v) is 11.1. The Kier molecular flexibility index (Phi) is 14.2. The van der Waals surface area contributed by atoms with E-state index in [1.807, 2.05) is 34.6 Å². The monoisotopic (exact) mass is 549 g/mol. The van der Waals surface area contributed by atoms with E-state index in [1.54, 1.807) is 32.9 Å². The van der Waals surface area contributed by atoms with Crippen LogP contribution in [0, 0.1) is 17.3 Å². The van der Waals surface area contributed by atoms with Crippen molar-refractivity contribution in [3.63, 3.8) is 0 Å². The molecule has 0 aromatic heterocycles. The number of benzene rings is 1. The topological polar surface area (TPSA) is 131 Å². The van der Waals surface area contributed by atoms with Crippen molar-refractivity contribution in [3.8, 4) is 11.5 Å². The molecular formula is C30H47NO8. The molecule has 4 atom stereocenters. The molecule has 2 unspecified atom stereocenters. The summed E-state index contributed by atoms with van der Waals surface area (Å²) in [4.78, 5) is 49.6. The minimum atomic E-state index is -1.01. The van der Waals surface area contributed by atoms with Gasteiger partial charge in [-0.25, -0.2) is 0 Å². The molecule has 0 aliphatic rings. The molecule has 1 aromatic carbocycles. The molecule has 0 radical (unpaired) electrons. The summed E-state index contributed by atoms with van der Waals surface area (Å²) in [6, 6.07) is 3.72. The zero-order chi connectivity index (χ0) is 29.8. The summed E-state index contributed by atoms with van der Waals surface area (Å²) in [6.07, 6.45) is 2.18. The molecule has 0 saturated heterocycles. The molecule has 39 heavy (non-hydrogen) atoms. The molecule has 0 aliphatic carbocycles. The summed E-state index contributed by atoms with van der Waals surface area (Å²) in [7, 11) is 0. The van der Waals surface area contributed by atoms with Crippen LogP contribution in [0.1, 0.15) is 93.1 Å². The number of hydrogen-bond acceptors (Lipinski definition) is 9. The maximum atomic E-state index is 12.5. The van der Waals surface area contributed by atoms with Gasteiger partial charge < -0.3 is 24.7 Å². The molecule has 0 saturated carbocycles. The van der Waals surface area contributed by atoms with E-state index in [-0.39, 0.29) is 55.2 Å². The second kappa shape index (κ2) is 16.2. The Morgan fingerprint density at radius 2 is 1.41 bits per heavy atom. The van der Waals surface area contributed by atoms with Crippen LogP contribution < -0.4 is 15.2 Å². The van der Waals surface area contributed by atoms with Crippen LogP contribution in [0.15, 0.2) is 18.2 Å². The average Bonchev–Trinajstić information content (AvgIpc) is 2.88. The summed E-state index contributed by atoms with van der Waals surface area (Å²) >= 11 is 0. The lowest BCUT2D eigenvalue weighted by Crippen LogP contribution is -2.37. The predicted octanol–water partition coefficient (Wildman–Crippen LogP) is 5.15. The molecule has 2 N–H and O–H groups in total. The van der Waals surface area contributed by atoms with E-state index >= 15 is 0 Å². The minimum absolute atomic E-state index is 0.0902. The third-order valence-corrected chi connectivity index (χ3v) is 6.84. The Balaban J connectivity index is 2.91. The summed E-state index contributed by atoms with van der Waals surface area (Å²) in [5, 5.41) is 0. The van der Waals surface area contributed by atoms with E-state index in [4.69, 9.17) is 24.7 Å². The highest BCUT2D eigenvalue weighted by Crippen LogP contribution is 2.31. The first kappa shape index (κ1) is 34.1. The maximum Gasteiger partial charge on any atom is 0.323 e. The van der Waals surface area contributed by atoms with Crippen LogP contribution in [-0.2, 0) is 35.1 Å². The van der Waals surface area contributed by atoms with Gasteiger partial charge >= 0.3 is 23.9 Å². The highest BCUT2D eigenvalue weighted by atomic mass is 16.6. The first-order chi connectivity index (χ1) is 18.2. The molecule has 0 amide bonds. The number of hydrogen-bond donors (Lipinski definition) is 1. The molecule has 0 bridgehead atoms. The summed E-state index contributed by atoms with van der Waals surface area (Å²) in [5.41, 5.74) is 6.04. The molecule has 0 heterocycles. The molecule has 1 aromatic rings. The van der Waals surface area contributed by atoms with Crippen molar-refractivity contribution in [1.82, 2.24) is 0 Å². The molecular weight excluding hydrogens is 502 g/mol. The Morgan fingerprint density at radius 1 is 0.872 bits per heavy atom. The lowest BCUT2D eigenvalue weighted by Gasteiger charge is -2.23. The van der Waals surface area contributed by atoms with Crippen molar-refractivity contribution in [2.24, 2.45) is 23.0 Å². The van der Waals surface area contributed by atoms with Gasteiger partial charge in [-0.2, -0.15) is 0 Å². The summed E-state index contributed by atoms with van der Waals surface area (Å²) in [5.74, 6) is -1.38. The van der Waals surface area contributed by atoms with Crippen LogP contribution in [0.3, 0.4) is 0 Å². The molecule has 220 valence electrons. The molecule has 0 aliphatic heterocycles. The van der Waals surface area contributed by atoms with Gasteiger partial charge in [0.25, 0.3) is 0 Å². The Bertz CT molecular complexity index is 974. The lowest BCUT2D eigenvalue weighted by molar-refractivity contribution is -0.166. The van der Waals surface area contributed by atoms with Crippen molar-refractivity contribution < 1.29 is 38.1 Å². The normalized spacial score (nSPS) is 14.5. The van der Waals surface area contributed by atoms with Crippen molar-refractivity contribution in [3.05, 3.63) is 23.8 Å². The second-order valence-electron chi connectivity index (χ2n) is 11.1. The fraction of sp³-hybridized carbons (Fsp3) is 0.667. The Hall–Kier alpha value is -2.94. The number of nitrogens with two attached hydrogens (primary N) is 1. The van der Waals surface area contributed by atoms with E-state index in [2.05, 4.69) is 0 Å². The quantitative estimate of drug-likeness (QED) is 0.220. The standard InChI is InChI=1S/C30H47NO8/c1-9-19(4)14-26(32)38-24-13-12-22(17-25(24)39-27(33)15-20(5)10-2)16-23(31)28(34)36-18-21(6)37-29(35)30(7,8)11-3/h12-13,17,19-21,23H,9-11,14-16,18,31H2,1-8H3/t19?,20?,21-,23-/m0/s1. The number of carbonyl (C=O) groups excluding carboxylic acids is 4. The molecule has 0 spiro atoms. The summed E-state index contributed by atoms with van der Waals surface area (Å²) in [6.45, 7) is 14.9. The van der Waals surface area contributed by atoms with E-state index < -0.39 is 35.5 Å². The largest absolute Gasteiger partial charge is 0.461 e. The first-order valence-corrected chi connectivity index (χ1v) is 13.9. The molecule has 9 nitrogen and oxygen atoms in total. The van der Waals surface area contributed by atoms with Crippen LogP contribution >= 0.6 is 0 Å². The van der Waals surface area contributed by atoms with Crippen LogP contribution in [-0.4, -0.2) is 42.6 Å². The van der Waals surface area contributed by atoms with Crippen molar-refractivity contribution >= 4 is 23.9 Å². The van der Waals surface area contributed by atoms with E-state index in [9.17, 15) is 19.2 Å². The highest BCUT2D eigenvalue weighted by Gasteiger charge is 2.29. The van der Waals surface area contributed by atoms with Gasteiger partial charge in [-0.3, -0.25) is 19.2 Å². The zero-order valence-electron chi connectivity index (χ0n) is 24.8. The Labute approximate surface area is 233 Å². The molecule has 1 rings (SSSR count). The van der Waals surface area contributed by atoms with Gasteiger partial charge in [0.15, 0.2) is 11.5 Å². The van der Waals surface area contributed by atoms with Crippen molar-refractivity contribution in [2.45, 2.75) is 106 Å². The van der Waals surface area contributed by atoms with Crippen LogP contribution in [0.25, 0.3) is 0 Å². The maximum absolute atomic E-state index is 12.5. The third kappa shape index (κ3) is 12.2. The van der Waals surface area contributed by atoms with Gasteiger partial charge in [-0.05, 0) is 63.1 Å². The van der Waals surface area contributed by atoms with Gasteiger partial charge in [0.05, 0.1) is 5.41 Å². The lowest BCUT2D eigenvalue weighted by atomic mass is 9.91. The highest BCUT2D eigenvalue weighted by molar-refractivity contribution is 5.78. The smallest absolute Gasteiger partial charge is 0.323 e. The van der Waals surface area contributed by atoms with Gasteiger partial charge in [-0.15, -0.1) is 0 Å². The summed E-state index contributed by atoms with van der Waals surface area (Å²) < 4.78 is 21.7. The predicted molar refractivity (Wildman–Crippen MR) is 148 cm³/mol. The third-order valence-electron chi connectivity index (χ3n) is 6.84. The van der Waals surface area contributed by atoms with Crippen LogP contribution in [0.5, 0.6) is 11.5 Å². The van der Waals surface area contributed by atoms with Gasteiger partial charge in [-0.1, -0.05) is 53.5 Å². The number of rotatable bonds is 16.